The van der Waals surface area contributed by atoms with Crippen LogP contribution in [0.3, 0.4) is 0 Å². The van der Waals surface area contributed by atoms with Gasteiger partial charge in [-0.2, -0.15) is 0 Å². The van der Waals surface area contributed by atoms with E-state index >= 15 is 0 Å². The minimum absolute atomic E-state index is 0.156. The zero-order valence-electron chi connectivity index (χ0n) is 11.5. The van der Waals surface area contributed by atoms with E-state index in [4.69, 9.17) is 0 Å². The summed E-state index contributed by atoms with van der Waals surface area (Å²) in [5.41, 5.74) is -0.0641. The molecule has 2 atom stereocenters. The molecule has 1 saturated carbocycles. The molecule has 0 heterocycles. The van der Waals surface area contributed by atoms with Crippen LogP contribution in [-0.4, -0.2) is 25.6 Å². The van der Waals surface area contributed by atoms with E-state index in [-0.39, 0.29) is 22.3 Å². The summed E-state index contributed by atoms with van der Waals surface area (Å²) in [6, 6.07) is 4.53. The first-order valence-electron chi connectivity index (χ1n) is 6.54. The van der Waals surface area contributed by atoms with Crippen molar-refractivity contribution in [1.29, 1.82) is 0 Å². The van der Waals surface area contributed by atoms with Crippen LogP contribution in [0.2, 0.25) is 0 Å². The first kappa shape index (κ1) is 14.8. The van der Waals surface area contributed by atoms with Gasteiger partial charge in [-0.25, -0.2) is 8.42 Å². The van der Waals surface area contributed by atoms with Crippen molar-refractivity contribution in [2.75, 3.05) is 11.6 Å². The molecule has 7 heteroatoms. The monoisotopic (exact) mass is 298 g/mol. The molecule has 0 aromatic heterocycles. The van der Waals surface area contributed by atoms with Crippen LogP contribution in [0.1, 0.15) is 26.2 Å². The second-order valence-electron chi connectivity index (χ2n) is 5.34. The van der Waals surface area contributed by atoms with Crippen molar-refractivity contribution in [3.8, 4) is 0 Å². The van der Waals surface area contributed by atoms with Gasteiger partial charge in [-0.1, -0.05) is 19.4 Å². The van der Waals surface area contributed by atoms with E-state index < -0.39 is 14.8 Å². The molecule has 1 aromatic rings. The number of nitrogens with zero attached hydrogens (tertiary/aromatic N) is 1. The normalized spacial score (nSPS) is 22.7. The van der Waals surface area contributed by atoms with Crippen molar-refractivity contribution in [3.05, 3.63) is 28.3 Å². The fraction of sp³-hybridized carbons (Fsp3) is 0.538. The van der Waals surface area contributed by atoms with Crippen molar-refractivity contribution in [2.45, 2.75) is 37.1 Å². The van der Waals surface area contributed by atoms with E-state index in [9.17, 15) is 18.5 Å². The van der Waals surface area contributed by atoms with Gasteiger partial charge in [-0.15, -0.1) is 0 Å². The molecule has 1 N–H and O–H groups in total. The molecule has 1 fully saturated rings. The molecule has 110 valence electrons. The van der Waals surface area contributed by atoms with E-state index in [2.05, 4.69) is 12.2 Å². The van der Waals surface area contributed by atoms with Crippen LogP contribution in [0.5, 0.6) is 0 Å². The predicted octanol–water partition coefficient (Wildman–Crippen LogP) is 2.60. The molecule has 2 rings (SSSR count). The Morgan fingerprint density at radius 3 is 2.55 bits per heavy atom. The van der Waals surface area contributed by atoms with Crippen molar-refractivity contribution in [2.24, 2.45) is 5.92 Å². The van der Waals surface area contributed by atoms with Crippen LogP contribution in [0.25, 0.3) is 0 Å². The summed E-state index contributed by atoms with van der Waals surface area (Å²) in [6.45, 7) is 2.09. The van der Waals surface area contributed by atoms with Gasteiger partial charge in [0.25, 0.3) is 0 Å². The second-order valence-corrected chi connectivity index (χ2v) is 7.32. The minimum Gasteiger partial charge on any atom is -0.376 e. The van der Waals surface area contributed by atoms with Gasteiger partial charge in [0.15, 0.2) is 9.84 Å². The summed E-state index contributed by atoms with van der Waals surface area (Å²) in [4.78, 5) is 10.4. The van der Waals surface area contributed by atoms with Gasteiger partial charge >= 0.3 is 5.69 Å². The Morgan fingerprint density at radius 1 is 1.35 bits per heavy atom. The number of nitrogens with one attached hydrogen (secondary N) is 1. The highest BCUT2D eigenvalue weighted by Crippen LogP contribution is 2.35. The maximum Gasteiger partial charge on any atom is 0.310 e. The summed E-state index contributed by atoms with van der Waals surface area (Å²) in [7, 11) is -3.63. The molecule has 0 radical (unpaired) electrons. The first-order valence-corrected chi connectivity index (χ1v) is 8.44. The third kappa shape index (κ3) is 2.92. The smallest absolute Gasteiger partial charge is 0.310 e. The van der Waals surface area contributed by atoms with Crippen molar-refractivity contribution < 1.29 is 13.3 Å². The molecular weight excluding hydrogens is 280 g/mol. The molecule has 2 unspecified atom stereocenters. The average molecular weight is 298 g/mol. The van der Waals surface area contributed by atoms with E-state index in [0.29, 0.717) is 5.92 Å². The van der Waals surface area contributed by atoms with Crippen LogP contribution >= 0.6 is 0 Å². The molecule has 0 aliphatic heterocycles. The number of nitro groups is 1. The average Bonchev–Trinajstić information content (AvgIpc) is 2.73. The summed E-state index contributed by atoms with van der Waals surface area (Å²) in [5.74, 6) is 0.427. The Morgan fingerprint density at radius 2 is 2.05 bits per heavy atom. The number of rotatable bonds is 4. The summed E-state index contributed by atoms with van der Waals surface area (Å²) in [6.07, 6.45) is 4.09. The minimum atomic E-state index is -3.63. The molecule has 0 saturated heterocycles. The maximum atomic E-state index is 11.7. The molecule has 1 aliphatic rings. The maximum absolute atomic E-state index is 11.7. The molecule has 0 spiro atoms. The third-order valence-electron chi connectivity index (χ3n) is 3.78. The fourth-order valence-corrected chi connectivity index (χ4v) is 3.55. The van der Waals surface area contributed by atoms with Gasteiger partial charge in [-0.05, 0) is 30.9 Å². The lowest BCUT2D eigenvalue weighted by atomic mass is 10.1. The van der Waals surface area contributed by atoms with Gasteiger partial charge in [0.2, 0.25) is 0 Å². The number of sulfone groups is 1. The standard InChI is InChI=1S/C13H18N2O4S/c1-9-5-3-6-10(9)14-11-7-4-8-12(20(2,18)19)13(11)15(16)17/h4,7-10,14H,3,5-6H2,1-2H3. The molecular formula is C13H18N2O4S. The van der Waals surface area contributed by atoms with Crippen LogP contribution in [0.15, 0.2) is 23.1 Å². The molecule has 1 aromatic carbocycles. The lowest BCUT2D eigenvalue weighted by Gasteiger charge is -2.19. The summed E-state index contributed by atoms with van der Waals surface area (Å²) in [5, 5.41) is 14.4. The van der Waals surface area contributed by atoms with Gasteiger partial charge in [0.05, 0.1) is 4.92 Å². The molecule has 1 aliphatic carbocycles. The zero-order valence-corrected chi connectivity index (χ0v) is 12.3. The number of nitro benzene ring substituents is 1. The second kappa shape index (κ2) is 5.40. The molecule has 20 heavy (non-hydrogen) atoms. The highest BCUT2D eigenvalue weighted by Gasteiger charge is 2.29. The molecule has 0 bridgehead atoms. The Bertz CT molecular complexity index is 627. The molecule has 0 amide bonds. The summed E-state index contributed by atoms with van der Waals surface area (Å²) >= 11 is 0. The topological polar surface area (TPSA) is 89.3 Å². The van der Waals surface area contributed by atoms with Crippen molar-refractivity contribution >= 4 is 21.2 Å². The number of hydrogen-bond acceptors (Lipinski definition) is 5. The SMILES string of the molecule is CC1CCCC1Nc1cccc(S(C)(=O)=O)c1[N+](=O)[O-]. The Balaban J connectivity index is 2.45. The number of anilines is 1. The van der Waals surface area contributed by atoms with Gasteiger partial charge in [0.1, 0.15) is 10.6 Å². The van der Waals surface area contributed by atoms with Crippen molar-refractivity contribution in [1.82, 2.24) is 0 Å². The predicted molar refractivity (Wildman–Crippen MR) is 76.6 cm³/mol. The first-order chi connectivity index (χ1) is 9.30. The van der Waals surface area contributed by atoms with Crippen LogP contribution in [0.4, 0.5) is 11.4 Å². The number of hydrogen-bond donors (Lipinski definition) is 1. The van der Waals surface area contributed by atoms with Crippen LogP contribution in [0, 0.1) is 16.0 Å². The zero-order chi connectivity index (χ0) is 14.9. The van der Waals surface area contributed by atoms with E-state index in [0.717, 1.165) is 25.5 Å². The van der Waals surface area contributed by atoms with E-state index in [1.54, 1.807) is 6.07 Å². The van der Waals surface area contributed by atoms with Crippen molar-refractivity contribution in [3.63, 3.8) is 0 Å². The van der Waals surface area contributed by atoms with E-state index in [1.165, 1.54) is 12.1 Å². The van der Waals surface area contributed by atoms with Crippen LogP contribution < -0.4 is 5.32 Å². The fourth-order valence-electron chi connectivity index (χ4n) is 2.69. The third-order valence-corrected chi connectivity index (χ3v) is 4.91. The van der Waals surface area contributed by atoms with Gasteiger partial charge < -0.3 is 5.32 Å². The highest BCUT2D eigenvalue weighted by molar-refractivity contribution is 7.90. The van der Waals surface area contributed by atoms with Gasteiger partial charge in [0, 0.05) is 12.3 Å². The quantitative estimate of drug-likeness (QED) is 0.681. The lowest BCUT2D eigenvalue weighted by molar-refractivity contribution is -0.386. The summed E-state index contributed by atoms with van der Waals surface area (Å²) < 4.78 is 23.4. The molecule has 6 nitrogen and oxygen atoms in total. The van der Waals surface area contributed by atoms with Crippen LogP contribution in [-0.2, 0) is 9.84 Å². The Kier molecular flexibility index (Phi) is 3.99. The van der Waals surface area contributed by atoms with Gasteiger partial charge in [-0.3, -0.25) is 10.1 Å². The Hall–Kier alpha value is -1.63. The Labute approximate surface area is 118 Å². The number of para-hydroxylation sites is 1. The largest absolute Gasteiger partial charge is 0.376 e. The lowest BCUT2D eigenvalue weighted by Crippen LogP contribution is -2.22. The highest BCUT2D eigenvalue weighted by atomic mass is 32.2. The number of benzene rings is 1. The van der Waals surface area contributed by atoms with E-state index in [1.807, 2.05) is 0 Å².